The van der Waals surface area contributed by atoms with E-state index >= 15 is 0 Å². The minimum Gasteiger partial charge on any atom is -0.397 e. The van der Waals surface area contributed by atoms with Crippen LogP contribution in [0.15, 0.2) is 47.5 Å². The minimum absolute atomic E-state index is 0.0291. The number of fused-ring (bicyclic) bond motifs is 1. The Kier molecular flexibility index (Phi) is 4.79. The highest BCUT2D eigenvalue weighted by Crippen LogP contribution is 2.26. The Morgan fingerprint density at radius 2 is 1.70 bits per heavy atom. The Labute approximate surface area is 157 Å². The van der Waals surface area contributed by atoms with E-state index in [4.69, 9.17) is 16.2 Å². The van der Waals surface area contributed by atoms with Crippen LogP contribution in [0.25, 0.3) is 22.0 Å². The fourth-order valence-electron chi connectivity index (χ4n) is 3.33. The predicted molar refractivity (Wildman–Crippen MR) is 108 cm³/mol. The van der Waals surface area contributed by atoms with Gasteiger partial charge >= 0.3 is 0 Å². The van der Waals surface area contributed by atoms with E-state index in [-0.39, 0.29) is 5.56 Å². The smallest absolute Gasteiger partial charge is 0.261 e. The summed E-state index contributed by atoms with van der Waals surface area (Å²) >= 11 is 0. The number of ether oxygens (including phenoxy) is 1. The van der Waals surface area contributed by atoms with Crippen LogP contribution in [0.2, 0.25) is 0 Å². The Bertz CT molecular complexity index is 1020. The molecule has 0 radical (unpaired) electrons. The van der Waals surface area contributed by atoms with Gasteiger partial charge in [0.1, 0.15) is 0 Å². The molecule has 0 atom stereocenters. The molecular formula is C20H23N5O2. The van der Waals surface area contributed by atoms with E-state index in [0.29, 0.717) is 28.8 Å². The molecule has 0 aliphatic carbocycles. The molecule has 7 nitrogen and oxygen atoms in total. The molecule has 4 rings (SSSR count). The van der Waals surface area contributed by atoms with Crippen molar-refractivity contribution in [2.45, 2.75) is 6.54 Å². The zero-order valence-corrected chi connectivity index (χ0v) is 15.1. The second-order valence-electron chi connectivity index (χ2n) is 6.77. The molecule has 2 heterocycles. The van der Waals surface area contributed by atoms with E-state index in [1.807, 2.05) is 30.3 Å². The predicted octanol–water partition coefficient (Wildman–Crippen LogP) is 1.56. The van der Waals surface area contributed by atoms with Gasteiger partial charge in [0, 0.05) is 26.2 Å². The summed E-state index contributed by atoms with van der Waals surface area (Å²) < 4.78 is 7.04. The molecule has 1 fully saturated rings. The van der Waals surface area contributed by atoms with Crippen molar-refractivity contribution in [2.75, 3.05) is 44.3 Å². The van der Waals surface area contributed by atoms with Gasteiger partial charge in [0.15, 0.2) is 0 Å². The van der Waals surface area contributed by atoms with Gasteiger partial charge in [-0.15, -0.1) is 0 Å². The third-order valence-electron chi connectivity index (χ3n) is 5.00. The van der Waals surface area contributed by atoms with Crippen LogP contribution < -0.4 is 17.0 Å². The first-order valence-electron chi connectivity index (χ1n) is 9.06. The fraction of sp³-hybridized carbons (Fsp3) is 0.300. The highest BCUT2D eigenvalue weighted by molar-refractivity contribution is 5.85. The fourth-order valence-corrected chi connectivity index (χ4v) is 3.33. The van der Waals surface area contributed by atoms with Crippen molar-refractivity contribution in [2.24, 2.45) is 0 Å². The molecule has 1 saturated heterocycles. The summed E-state index contributed by atoms with van der Waals surface area (Å²) in [6.07, 6.45) is 1.63. The molecule has 0 spiro atoms. The lowest BCUT2D eigenvalue weighted by Crippen LogP contribution is -2.39. The number of rotatable bonds is 4. The van der Waals surface area contributed by atoms with Gasteiger partial charge in [0.2, 0.25) is 0 Å². The number of morpholine rings is 1. The minimum atomic E-state index is -0.0291. The van der Waals surface area contributed by atoms with Crippen molar-refractivity contribution in [3.63, 3.8) is 0 Å². The van der Waals surface area contributed by atoms with Crippen LogP contribution in [0.5, 0.6) is 0 Å². The first kappa shape index (κ1) is 17.5. The van der Waals surface area contributed by atoms with Gasteiger partial charge in [-0.05, 0) is 35.4 Å². The number of nitrogens with zero attached hydrogens (tertiary/aromatic N) is 3. The maximum absolute atomic E-state index is 12.9. The normalized spacial score (nSPS) is 15.3. The standard InChI is InChI=1S/C20H23N5O2/c21-17-3-1-15(12-18(17)22)14-2-4-19-16(11-14)20(26)25(13-23-19)6-5-24-7-9-27-10-8-24/h1-4,11-13H,5-10,21-22H2. The van der Waals surface area contributed by atoms with Crippen LogP contribution >= 0.6 is 0 Å². The van der Waals surface area contributed by atoms with Crippen molar-refractivity contribution in [3.05, 3.63) is 53.1 Å². The average molecular weight is 365 g/mol. The third-order valence-corrected chi connectivity index (χ3v) is 5.00. The Morgan fingerprint density at radius 1 is 0.963 bits per heavy atom. The summed E-state index contributed by atoms with van der Waals surface area (Å²) in [5.74, 6) is 0. The second kappa shape index (κ2) is 7.38. The van der Waals surface area contributed by atoms with E-state index in [2.05, 4.69) is 9.88 Å². The molecule has 7 heteroatoms. The molecule has 0 unspecified atom stereocenters. The number of hydrogen-bond acceptors (Lipinski definition) is 6. The first-order chi connectivity index (χ1) is 13.1. The summed E-state index contributed by atoms with van der Waals surface area (Å²) in [5, 5.41) is 0.604. The van der Waals surface area contributed by atoms with Gasteiger partial charge in [-0.2, -0.15) is 0 Å². The Morgan fingerprint density at radius 3 is 2.48 bits per heavy atom. The summed E-state index contributed by atoms with van der Waals surface area (Å²) in [4.78, 5) is 19.7. The summed E-state index contributed by atoms with van der Waals surface area (Å²) in [6, 6.07) is 11.2. The summed E-state index contributed by atoms with van der Waals surface area (Å²) in [5.41, 5.74) is 15.3. The highest BCUT2D eigenvalue weighted by Gasteiger charge is 2.12. The van der Waals surface area contributed by atoms with Gasteiger partial charge in [0.25, 0.3) is 5.56 Å². The molecule has 140 valence electrons. The van der Waals surface area contributed by atoms with Gasteiger partial charge in [-0.3, -0.25) is 14.3 Å². The van der Waals surface area contributed by atoms with Crippen LogP contribution in [0.4, 0.5) is 11.4 Å². The number of hydrogen-bond donors (Lipinski definition) is 2. The summed E-state index contributed by atoms with van der Waals surface area (Å²) in [7, 11) is 0. The Hall–Kier alpha value is -2.90. The lowest BCUT2D eigenvalue weighted by Gasteiger charge is -2.26. The second-order valence-corrected chi connectivity index (χ2v) is 6.77. The molecule has 1 aromatic heterocycles. The lowest BCUT2D eigenvalue weighted by molar-refractivity contribution is 0.0362. The van der Waals surface area contributed by atoms with Gasteiger partial charge < -0.3 is 16.2 Å². The number of nitrogens with two attached hydrogens (primary N) is 2. The van der Waals surface area contributed by atoms with E-state index < -0.39 is 0 Å². The molecular weight excluding hydrogens is 342 g/mol. The molecule has 1 aliphatic heterocycles. The van der Waals surface area contributed by atoms with Crippen molar-refractivity contribution in [1.82, 2.24) is 14.5 Å². The van der Waals surface area contributed by atoms with E-state index in [0.717, 1.165) is 44.0 Å². The number of anilines is 2. The van der Waals surface area contributed by atoms with E-state index in [9.17, 15) is 4.79 Å². The van der Waals surface area contributed by atoms with Gasteiger partial charge in [-0.25, -0.2) is 4.98 Å². The largest absolute Gasteiger partial charge is 0.397 e. The maximum Gasteiger partial charge on any atom is 0.261 e. The van der Waals surface area contributed by atoms with Crippen LogP contribution in [-0.2, 0) is 11.3 Å². The number of nitrogen functional groups attached to an aromatic ring is 2. The molecule has 0 saturated carbocycles. The quantitative estimate of drug-likeness (QED) is 0.681. The van der Waals surface area contributed by atoms with Crippen molar-refractivity contribution in [3.8, 4) is 11.1 Å². The molecule has 0 amide bonds. The van der Waals surface area contributed by atoms with Gasteiger partial charge in [0.05, 0.1) is 41.8 Å². The van der Waals surface area contributed by atoms with Crippen LogP contribution in [0.1, 0.15) is 0 Å². The van der Waals surface area contributed by atoms with Crippen LogP contribution in [0, 0.1) is 0 Å². The third kappa shape index (κ3) is 3.65. The molecule has 2 aromatic carbocycles. The van der Waals surface area contributed by atoms with E-state index in [1.165, 1.54) is 0 Å². The van der Waals surface area contributed by atoms with Gasteiger partial charge in [-0.1, -0.05) is 12.1 Å². The van der Waals surface area contributed by atoms with Crippen LogP contribution in [-0.4, -0.2) is 47.3 Å². The zero-order chi connectivity index (χ0) is 18.8. The highest BCUT2D eigenvalue weighted by atomic mass is 16.5. The Balaban J connectivity index is 1.64. The molecule has 4 N–H and O–H groups in total. The van der Waals surface area contributed by atoms with Crippen LogP contribution in [0.3, 0.4) is 0 Å². The summed E-state index contributed by atoms with van der Waals surface area (Å²) in [6.45, 7) is 4.72. The van der Waals surface area contributed by atoms with Crippen molar-refractivity contribution >= 4 is 22.3 Å². The molecule has 0 bridgehead atoms. The molecule has 1 aliphatic rings. The maximum atomic E-state index is 12.9. The average Bonchev–Trinajstić information content (AvgIpc) is 2.70. The van der Waals surface area contributed by atoms with E-state index in [1.54, 1.807) is 17.0 Å². The molecule has 27 heavy (non-hydrogen) atoms. The first-order valence-corrected chi connectivity index (χ1v) is 9.06. The number of benzene rings is 2. The van der Waals surface area contributed by atoms with Crippen molar-refractivity contribution in [1.29, 1.82) is 0 Å². The number of aromatic nitrogens is 2. The van der Waals surface area contributed by atoms with Crippen molar-refractivity contribution < 1.29 is 4.74 Å². The zero-order valence-electron chi connectivity index (χ0n) is 15.1. The molecule has 3 aromatic rings. The SMILES string of the molecule is Nc1ccc(-c2ccc3ncn(CCN4CCOCC4)c(=O)c3c2)cc1N. The lowest BCUT2D eigenvalue weighted by atomic mass is 10.0. The monoisotopic (exact) mass is 365 g/mol. The topological polar surface area (TPSA) is 99.4 Å².